The Bertz CT molecular complexity index is 538. The van der Waals surface area contributed by atoms with Gasteiger partial charge in [-0.05, 0) is 43.7 Å². The molecule has 1 aromatic carbocycles. The van der Waals surface area contributed by atoms with Crippen LogP contribution in [0.1, 0.15) is 23.2 Å². The summed E-state index contributed by atoms with van der Waals surface area (Å²) in [6.07, 6.45) is 1.91. The minimum atomic E-state index is -0.102. The van der Waals surface area contributed by atoms with Gasteiger partial charge in [-0.1, -0.05) is 0 Å². The third-order valence-electron chi connectivity index (χ3n) is 4.07. The van der Waals surface area contributed by atoms with E-state index in [4.69, 9.17) is 4.74 Å². The van der Waals surface area contributed by atoms with Gasteiger partial charge in [0.25, 0.3) is 5.91 Å². The van der Waals surface area contributed by atoms with Crippen LogP contribution in [0.4, 0.5) is 5.69 Å². The van der Waals surface area contributed by atoms with E-state index in [0.29, 0.717) is 31.9 Å². The molecule has 23 heavy (non-hydrogen) atoms. The fourth-order valence-corrected chi connectivity index (χ4v) is 2.78. The number of nitrogens with one attached hydrogen (secondary N) is 2. The first kappa shape index (κ1) is 17.7. The summed E-state index contributed by atoms with van der Waals surface area (Å²) in [6, 6.07) is 6.97. The van der Waals surface area contributed by atoms with E-state index in [1.807, 2.05) is 0 Å². The lowest BCUT2D eigenvalue weighted by atomic mass is 10.1. The summed E-state index contributed by atoms with van der Waals surface area (Å²) in [7, 11) is 0. The van der Waals surface area contributed by atoms with E-state index in [0.717, 1.165) is 25.1 Å². The summed E-state index contributed by atoms with van der Waals surface area (Å²) < 4.78 is 5.25. The van der Waals surface area contributed by atoms with Crippen LogP contribution in [0.5, 0.6) is 0 Å². The minimum absolute atomic E-state index is 0. The van der Waals surface area contributed by atoms with E-state index < -0.39 is 0 Å². The predicted molar refractivity (Wildman–Crippen MR) is 90.1 cm³/mol. The predicted octanol–water partition coefficient (Wildman–Crippen LogP) is 1.27. The van der Waals surface area contributed by atoms with Crippen molar-refractivity contribution in [2.45, 2.75) is 18.9 Å². The molecule has 1 aromatic rings. The van der Waals surface area contributed by atoms with Gasteiger partial charge >= 0.3 is 0 Å². The van der Waals surface area contributed by atoms with E-state index in [2.05, 4.69) is 10.6 Å². The van der Waals surface area contributed by atoms with Gasteiger partial charge in [0.1, 0.15) is 0 Å². The second-order valence-corrected chi connectivity index (χ2v) is 5.62. The summed E-state index contributed by atoms with van der Waals surface area (Å²) in [5, 5.41) is 6.05. The number of rotatable bonds is 3. The smallest absolute Gasteiger partial charge is 0.254 e. The topological polar surface area (TPSA) is 70.7 Å². The van der Waals surface area contributed by atoms with Gasteiger partial charge in [-0.3, -0.25) is 9.59 Å². The van der Waals surface area contributed by atoms with Crippen molar-refractivity contribution in [2.75, 3.05) is 38.2 Å². The lowest BCUT2D eigenvalue weighted by Crippen LogP contribution is -2.40. The molecule has 0 bridgehead atoms. The van der Waals surface area contributed by atoms with Crippen molar-refractivity contribution in [1.82, 2.24) is 10.2 Å². The Labute approximate surface area is 142 Å². The number of amides is 2. The molecule has 0 aromatic heterocycles. The van der Waals surface area contributed by atoms with Crippen LogP contribution in [0.15, 0.2) is 24.3 Å². The van der Waals surface area contributed by atoms with Crippen molar-refractivity contribution in [2.24, 2.45) is 0 Å². The molecule has 6 nitrogen and oxygen atoms in total. The molecule has 2 saturated heterocycles. The van der Waals surface area contributed by atoms with E-state index in [1.165, 1.54) is 0 Å². The zero-order valence-electron chi connectivity index (χ0n) is 12.9. The maximum Gasteiger partial charge on any atom is 0.254 e. The Kier molecular flexibility index (Phi) is 6.38. The molecule has 1 unspecified atom stereocenters. The number of halogens is 1. The highest BCUT2D eigenvalue weighted by atomic mass is 35.5. The fourth-order valence-electron chi connectivity index (χ4n) is 2.78. The molecule has 2 fully saturated rings. The van der Waals surface area contributed by atoms with Crippen molar-refractivity contribution in [3.05, 3.63) is 29.8 Å². The average Bonchev–Trinajstić information content (AvgIpc) is 3.10. The number of hydrogen-bond donors (Lipinski definition) is 2. The number of anilines is 1. The van der Waals surface area contributed by atoms with Crippen molar-refractivity contribution < 1.29 is 14.3 Å². The summed E-state index contributed by atoms with van der Waals surface area (Å²) >= 11 is 0. The SMILES string of the molecule is Cl.O=C(Nc1ccc(C(=O)N2CCOCC2)cc1)C1CCCN1. The molecule has 0 saturated carbocycles. The van der Waals surface area contributed by atoms with Crippen molar-refractivity contribution >= 4 is 29.9 Å². The Balaban J connectivity index is 0.00000192. The van der Waals surface area contributed by atoms with E-state index in [-0.39, 0.29) is 30.3 Å². The third-order valence-corrected chi connectivity index (χ3v) is 4.07. The number of carbonyl (C=O) groups excluding carboxylic acids is 2. The highest BCUT2D eigenvalue weighted by molar-refractivity contribution is 5.97. The molecular formula is C16H22ClN3O3. The van der Waals surface area contributed by atoms with Gasteiger partial charge in [0.15, 0.2) is 0 Å². The van der Waals surface area contributed by atoms with Crippen LogP contribution in [0.25, 0.3) is 0 Å². The highest BCUT2D eigenvalue weighted by Gasteiger charge is 2.22. The van der Waals surface area contributed by atoms with E-state index >= 15 is 0 Å². The maximum atomic E-state index is 12.3. The molecule has 2 N–H and O–H groups in total. The number of benzene rings is 1. The number of hydrogen-bond acceptors (Lipinski definition) is 4. The average molecular weight is 340 g/mol. The van der Waals surface area contributed by atoms with E-state index in [9.17, 15) is 9.59 Å². The molecule has 7 heteroatoms. The molecule has 0 radical (unpaired) electrons. The summed E-state index contributed by atoms with van der Waals surface area (Å²) in [6.45, 7) is 3.34. The lowest BCUT2D eigenvalue weighted by Gasteiger charge is -2.26. The van der Waals surface area contributed by atoms with Crippen molar-refractivity contribution in [3.63, 3.8) is 0 Å². The lowest BCUT2D eigenvalue weighted by molar-refractivity contribution is -0.117. The Morgan fingerprint density at radius 3 is 2.48 bits per heavy atom. The molecule has 2 heterocycles. The van der Waals surface area contributed by atoms with Crippen LogP contribution in [-0.4, -0.2) is 55.6 Å². The Hall–Kier alpha value is -1.63. The summed E-state index contributed by atoms with van der Waals surface area (Å²) in [5.41, 5.74) is 1.36. The van der Waals surface area contributed by atoms with Gasteiger partial charge in [-0.15, -0.1) is 12.4 Å². The zero-order valence-corrected chi connectivity index (χ0v) is 13.7. The second kappa shape index (κ2) is 8.29. The Morgan fingerprint density at radius 1 is 1.17 bits per heavy atom. The molecule has 0 aliphatic carbocycles. The first-order chi connectivity index (χ1) is 10.7. The van der Waals surface area contributed by atoms with Crippen LogP contribution < -0.4 is 10.6 Å². The molecule has 0 spiro atoms. The molecule has 3 rings (SSSR count). The summed E-state index contributed by atoms with van der Waals surface area (Å²) in [4.78, 5) is 26.1. The van der Waals surface area contributed by atoms with Crippen LogP contribution in [0.2, 0.25) is 0 Å². The van der Waals surface area contributed by atoms with Gasteiger partial charge in [0, 0.05) is 24.3 Å². The first-order valence-corrected chi connectivity index (χ1v) is 7.75. The van der Waals surface area contributed by atoms with Crippen LogP contribution in [-0.2, 0) is 9.53 Å². The van der Waals surface area contributed by atoms with E-state index in [1.54, 1.807) is 29.2 Å². The third kappa shape index (κ3) is 4.43. The molecule has 2 aliphatic rings. The quantitative estimate of drug-likeness (QED) is 0.870. The van der Waals surface area contributed by atoms with Crippen LogP contribution in [0.3, 0.4) is 0 Å². The van der Waals surface area contributed by atoms with Crippen LogP contribution >= 0.6 is 12.4 Å². The number of carbonyl (C=O) groups is 2. The van der Waals surface area contributed by atoms with Gasteiger partial charge in [0.05, 0.1) is 19.3 Å². The normalized spacial score (nSPS) is 20.7. The van der Waals surface area contributed by atoms with Gasteiger partial charge in [0.2, 0.25) is 5.91 Å². The fraction of sp³-hybridized carbons (Fsp3) is 0.500. The maximum absolute atomic E-state index is 12.3. The highest BCUT2D eigenvalue weighted by Crippen LogP contribution is 2.14. The van der Waals surface area contributed by atoms with Gasteiger partial charge in [-0.2, -0.15) is 0 Å². The van der Waals surface area contributed by atoms with Crippen molar-refractivity contribution in [3.8, 4) is 0 Å². The van der Waals surface area contributed by atoms with Crippen molar-refractivity contribution in [1.29, 1.82) is 0 Å². The van der Waals surface area contributed by atoms with Gasteiger partial charge < -0.3 is 20.3 Å². The summed E-state index contributed by atoms with van der Waals surface area (Å²) in [5.74, 6) is 0.00314. The first-order valence-electron chi connectivity index (χ1n) is 7.75. The Morgan fingerprint density at radius 2 is 1.87 bits per heavy atom. The van der Waals surface area contributed by atoms with Gasteiger partial charge in [-0.25, -0.2) is 0 Å². The molecule has 1 atom stereocenters. The monoisotopic (exact) mass is 339 g/mol. The molecule has 2 amide bonds. The zero-order chi connectivity index (χ0) is 15.4. The molecular weight excluding hydrogens is 318 g/mol. The second-order valence-electron chi connectivity index (χ2n) is 5.62. The minimum Gasteiger partial charge on any atom is -0.378 e. The molecule has 2 aliphatic heterocycles. The number of ether oxygens (including phenoxy) is 1. The number of nitrogens with zero attached hydrogens (tertiary/aromatic N) is 1. The standard InChI is InChI=1S/C16H21N3O3.ClH/c20-15(14-2-1-7-17-14)18-13-5-3-12(4-6-13)16(21)19-8-10-22-11-9-19;/h3-6,14,17H,1-2,7-11H2,(H,18,20);1H. The molecule has 126 valence electrons. The largest absolute Gasteiger partial charge is 0.378 e. The van der Waals surface area contributed by atoms with Crippen LogP contribution in [0, 0.1) is 0 Å². The number of morpholine rings is 1.